The van der Waals surface area contributed by atoms with Gasteiger partial charge in [0.05, 0.1) is 11.4 Å². The van der Waals surface area contributed by atoms with Crippen LogP contribution in [0.25, 0.3) is 11.3 Å². The predicted molar refractivity (Wildman–Crippen MR) is 132 cm³/mol. The molecule has 0 radical (unpaired) electrons. The number of rotatable bonds is 2. The van der Waals surface area contributed by atoms with E-state index in [0.717, 1.165) is 16.9 Å². The van der Waals surface area contributed by atoms with E-state index in [1.807, 2.05) is 54.6 Å². The van der Waals surface area contributed by atoms with E-state index in [9.17, 15) is 0 Å². The maximum atomic E-state index is 4.22. The summed E-state index contributed by atoms with van der Waals surface area (Å²) in [6.07, 6.45) is 1.79. The molecule has 5 heteroatoms. The van der Waals surface area contributed by atoms with Crippen molar-refractivity contribution < 1.29 is 20.1 Å². The first-order valence-corrected chi connectivity index (χ1v) is 10.8. The summed E-state index contributed by atoms with van der Waals surface area (Å²) in [6.45, 7) is 6.63. The molecule has 2 aliphatic heterocycles. The predicted octanol–water partition coefficient (Wildman–Crippen LogP) is 6.60. The van der Waals surface area contributed by atoms with Crippen molar-refractivity contribution in [1.82, 2.24) is 4.98 Å². The van der Waals surface area contributed by atoms with Crippen molar-refractivity contribution in [2.45, 2.75) is 19.9 Å². The topological polar surface area (TPSA) is 22.6 Å². The fraction of sp³-hybridized carbons (Fsp3) is 0.143. The molecule has 33 heavy (non-hydrogen) atoms. The minimum Gasteiger partial charge on any atom is -0.499 e. The van der Waals surface area contributed by atoms with Gasteiger partial charge in [0.2, 0.25) is 0 Å². The van der Waals surface area contributed by atoms with Crippen LogP contribution in [0, 0.1) is 18.8 Å². The van der Waals surface area contributed by atoms with Crippen molar-refractivity contribution >= 4 is 28.4 Å². The number of aromatic nitrogens is 1. The van der Waals surface area contributed by atoms with Crippen LogP contribution in [0.5, 0.6) is 0 Å². The van der Waals surface area contributed by atoms with Crippen molar-refractivity contribution in [2.75, 3.05) is 21.7 Å². The van der Waals surface area contributed by atoms with Gasteiger partial charge in [-0.25, -0.2) is 0 Å². The zero-order valence-corrected chi connectivity index (χ0v) is 21.3. The first-order chi connectivity index (χ1) is 15.6. The molecule has 0 unspecified atom stereocenters. The van der Waals surface area contributed by atoms with Gasteiger partial charge in [0.15, 0.2) is 0 Å². The van der Waals surface area contributed by atoms with E-state index < -0.39 is 0 Å². The number of nitrogens with zero attached hydrogens (tertiary/aromatic N) is 4. The van der Waals surface area contributed by atoms with Crippen molar-refractivity contribution in [1.29, 1.82) is 0 Å². The summed E-state index contributed by atoms with van der Waals surface area (Å²) in [5.41, 5.74) is 8.10. The molecule has 0 fully saturated rings. The first kappa shape index (κ1) is 23.0. The van der Waals surface area contributed by atoms with Gasteiger partial charge < -0.3 is 19.7 Å². The van der Waals surface area contributed by atoms with Gasteiger partial charge in [0, 0.05) is 11.9 Å². The van der Waals surface area contributed by atoms with E-state index >= 15 is 0 Å². The Bertz CT molecular complexity index is 1170. The average Bonchev–Trinajstić information content (AvgIpc) is 3.25. The third kappa shape index (κ3) is 4.27. The molecule has 0 atom stereocenters. The molecule has 3 aromatic carbocycles. The Labute approximate surface area is 209 Å². The van der Waals surface area contributed by atoms with Crippen LogP contribution in [-0.2, 0) is 20.1 Å². The fourth-order valence-corrected chi connectivity index (χ4v) is 4.16. The monoisotopic (exact) mass is 610 g/mol. The minimum absolute atomic E-state index is 0. The molecular weight excluding hydrogens is 585 g/mol. The molecule has 0 aliphatic carbocycles. The first-order valence-electron chi connectivity index (χ1n) is 10.8. The van der Waals surface area contributed by atoms with Gasteiger partial charge in [-0.05, 0) is 56.5 Å². The molecule has 4 aromatic rings. The Morgan fingerprint density at radius 1 is 0.818 bits per heavy atom. The van der Waals surface area contributed by atoms with E-state index in [0.29, 0.717) is 6.04 Å². The van der Waals surface area contributed by atoms with Gasteiger partial charge in [0.1, 0.15) is 0 Å². The second-order valence-corrected chi connectivity index (χ2v) is 8.09. The van der Waals surface area contributed by atoms with Crippen molar-refractivity contribution in [3.8, 4) is 11.3 Å². The number of hydrogen-bond donors (Lipinski definition) is 0. The Morgan fingerprint density at radius 2 is 1.58 bits per heavy atom. The number of para-hydroxylation sites is 2. The smallest absolute Gasteiger partial charge is 0.499 e. The van der Waals surface area contributed by atoms with Crippen LogP contribution < -0.4 is 14.7 Å². The van der Waals surface area contributed by atoms with Crippen molar-refractivity contribution in [2.24, 2.45) is 0 Å². The third-order valence-corrected chi connectivity index (χ3v) is 5.74. The van der Waals surface area contributed by atoms with Crippen LogP contribution >= 0.6 is 0 Å². The summed E-state index contributed by atoms with van der Waals surface area (Å²) in [6, 6.07) is 33.3. The quantitative estimate of drug-likeness (QED) is 0.239. The molecule has 0 saturated carbocycles. The Morgan fingerprint density at radius 3 is 2.30 bits per heavy atom. The SMILES string of the molecule is CC(C)N1[CH-]N2c3[c-]cccc3N(C)c3cccc1c32.[Ir+3].[c-]1ccccc1-c1ccccn1. The normalized spacial score (nSPS) is 13.0. The van der Waals surface area contributed by atoms with Crippen molar-refractivity contribution in [3.05, 3.63) is 104 Å². The number of benzene rings is 3. The molecule has 6 rings (SSSR count). The number of pyridine rings is 1. The number of anilines is 5. The van der Waals surface area contributed by atoms with Gasteiger partial charge in [-0.2, -0.15) is 24.9 Å². The molecular formula is C28H25IrN4. The molecule has 166 valence electrons. The van der Waals surface area contributed by atoms with Gasteiger partial charge in [-0.3, -0.25) is 0 Å². The minimum atomic E-state index is 0. The van der Waals surface area contributed by atoms with E-state index in [4.69, 9.17) is 0 Å². The zero-order valence-electron chi connectivity index (χ0n) is 18.9. The maximum Gasteiger partial charge on any atom is 3.00 e. The van der Waals surface area contributed by atoms with Gasteiger partial charge in [-0.1, -0.05) is 23.9 Å². The molecule has 0 N–H and O–H groups in total. The number of fused-ring (bicyclic) bond motifs is 2. The second kappa shape index (κ2) is 9.78. The molecule has 0 bridgehead atoms. The Kier molecular flexibility index (Phi) is 6.83. The van der Waals surface area contributed by atoms with Crippen LogP contribution in [0.1, 0.15) is 13.8 Å². The average molecular weight is 610 g/mol. The van der Waals surface area contributed by atoms with Crippen LogP contribution in [-0.4, -0.2) is 18.1 Å². The largest absolute Gasteiger partial charge is 3.00 e. The van der Waals surface area contributed by atoms with E-state index in [-0.39, 0.29) is 20.1 Å². The Hall–Kier alpha value is -3.14. The second-order valence-electron chi connectivity index (χ2n) is 8.09. The molecule has 0 saturated heterocycles. The van der Waals surface area contributed by atoms with E-state index in [2.05, 4.69) is 83.6 Å². The summed E-state index contributed by atoms with van der Waals surface area (Å²) < 4.78 is 0. The maximum absolute atomic E-state index is 4.22. The number of hydrogen-bond acceptors (Lipinski definition) is 4. The van der Waals surface area contributed by atoms with E-state index in [1.54, 1.807) is 6.20 Å². The summed E-state index contributed by atoms with van der Waals surface area (Å²) in [4.78, 5) is 11.1. The standard InChI is InChI=1S/C17H17N3.C11H8N.Ir/c1-12(2)19-11-20-14-8-5-4-7-13(14)18(3)15-9-6-10-16(19)17(15)20;1-2-6-10(7-3-1)11-8-4-5-9-12-11;/h4-7,9-12H,1-3H3;1-6,8-9H;/q-2;-1;+3. The zero-order chi connectivity index (χ0) is 22.1. The van der Waals surface area contributed by atoms with Crippen LogP contribution in [0.2, 0.25) is 0 Å². The fourth-order valence-electron chi connectivity index (χ4n) is 4.16. The molecule has 2 aliphatic rings. The van der Waals surface area contributed by atoms with Crippen LogP contribution in [0.15, 0.2) is 85.1 Å². The van der Waals surface area contributed by atoms with Gasteiger partial charge >= 0.3 is 20.1 Å². The molecule has 1 aromatic heterocycles. The van der Waals surface area contributed by atoms with Gasteiger partial charge in [0.25, 0.3) is 0 Å². The summed E-state index contributed by atoms with van der Waals surface area (Å²) in [5.74, 6) is 0. The summed E-state index contributed by atoms with van der Waals surface area (Å²) in [7, 11) is 2.12. The van der Waals surface area contributed by atoms with E-state index in [1.165, 1.54) is 22.7 Å². The summed E-state index contributed by atoms with van der Waals surface area (Å²) >= 11 is 0. The third-order valence-electron chi connectivity index (χ3n) is 5.74. The molecule has 3 heterocycles. The molecule has 0 spiro atoms. The van der Waals surface area contributed by atoms with Crippen LogP contribution in [0.3, 0.4) is 0 Å². The van der Waals surface area contributed by atoms with Crippen LogP contribution in [0.4, 0.5) is 28.4 Å². The Balaban J connectivity index is 0.000000172. The van der Waals surface area contributed by atoms with Crippen molar-refractivity contribution in [3.63, 3.8) is 0 Å². The van der Waals surface area contributed by atoms with Gasteiger partial charge in [-0.15, -0.1) is 42.0 Å². The molecule has 4 nitrogen and oxygen atoms in total. The summed E-state index contributed by atoms with van der Waals surface area (Å²) in [5, 5.41) is 0. The molecule has 0 amide bonds.